The third kappa shape index (κ3) is 10.2. The predicted molar refractivity (Wildman–Crippen MR) is 173 cm³/mol. The maximum Gasteiger partial charge on any atom is 0.125 e. The van der Waals surface area contributed by atoms with Crippen LogP contribution in [0.3, 0.4) is 0 Å². The van der Waals surface area contributed by atoms with E-state index in [1.54, 1.807) is 0 Å². The Kier molecular flexibility index (Phi) is 13.7. The van der Waals surface area contributed by atoms with E-state index in [-0.39, 0.29) is 51.1 Å². The number of nitrogens with zero attached hydrogens (tertiary/aromatic N) is 3. The standard InChI is InChI=1S/C35H49N3O8/c1-24-11-26(34(43)28(13-24)22-45-32(18-39)19-40)15-37-8-4-9-38(17-31-6-3-5-30(36-31)7-10-37)16-27-12-25(2)14-29(35(27)44)23-46-33(20-41)21-42/h3,5-6,11-14,32-33,39-44H,4,7-10,15-23H2,1-2H3. The molecule has 6 N–H and O–H groups in total. The molecule has 0 aliphatic carbocycles. The predicted octanol–water partition coefficient (Wildman–Crippen LogP) is 2.30. The molecule has 0 saturated heterocycles. The summed E-state index contributed by atoms with van der Waals surface area (Å²) in [6, 6.07) is 13.8. The maximum absolute atomic E-state index is 11.2. The normalized spacial score (nSPS) is 15.0. The van der Waals surface area contributed by atoms with Crippen LogP contribution in [0, 0.1) is 13.8 Å². The molecular formula is C35H49N3O8. The number of ether oxygens (including phenoxy) is 2. The molecule has 252 valence electrons. The molecule has 2 bridgehead atoms. The molecule has 0 atom stereocenters. The number of benzene rings is 2. The molecule has 0 unspecified atom stereocenters. The van der Waals surface area contributed by atoms with Gasteiger partial charge in [-0.25, -0.2) is 0 Å². The lowest BCUT2D eigenvalue weighted by Crippen LogP contribution is -2.30. The second-order valence-corrected chi connectivity index (χ2v) is 12.2. The Balaban J connectivity index is 1.51. The Morgan fingerprint density at radius 3 is 1.70 bits per heavy atom. The number of aryl methyl sites for hydroxylation is 2. The van der Waals surface area contributed by atoms with Gasteiger partial charge in [0.15, 0.2) is 0 Å². The van der Waals surface area contributed by atoms with Gasteiger partial charge in [0.2, 0.25) is 0 Å². The van der Waals surface area contributed by atoms with Crippen LogP contribution in [0.4, 0.5) is 0 Å². The van der Waals surface area contributed by atoms with Gasteiger partial charge in [-0.1, -0.05) is 41.5 Å². The maximum atomic E-state index is 11.2. The molecule has 2 heterocycles. The first-order valence-electron chi connectivity index (χ1n) is 15.9. The van der Waals surface area contributed by atoms with Crippen LogP contribution in [0.5, 0.6) is 11.5 Å². The molecule has 0 spiro atoms. The zero-order valence-electron chi connectivity index (χ0n) is 26.9. The van der Waals surface area contributed by atoms with Crippen molar-refractivity contribution in [2.75, 3.05) is 46.1 Å². The minimum atomic E-state index is -0.706. The van der Waals surface area contributed by atoms with Crippen molar-refractivity contribution >= 4 is 0 Å². The van der Waals surface area contributed by atoms with E-state index in [0.29, 0.717) is 30.8 Å². The molecule has 0 amide bonds. The van der Waals surface area contributed by atoms with Crippen LogP contribution in [0.1, 0.15) is 51.2 Å². The van der Waals surface area contributed by atoms with E-state index in [1.165, 1.54) is 0 Å². The van der Waals surface area contributed by atoms with E-state index in [9.17, 15) is 30.6 Å². The van der Waals surface area contributed by atoms with Gasteiger partial charge in [0, 0.05) is 67.1 Å². The van der Waals surface area contributed by atoms with Crippen molar-refractivity contribution in [1.82, 2.24) is 14.8 Å². The number of rotatable bonds is 14. The number of hydrogen-bond donors (Lipinski definition) is 6. The summed E-state index contributed by atoms with van der Waals surface area (Å²) in [5, 5.41) is 59.8. The van der Waals surface area contributed by atoms with Gasteiger partial charge in [-0.05, 0) is 38.9 Å². The highest BCUT2D eigenvalue weighted by Crippen LogP contribution is 2.29. The highest BCUT2D eigenvalue weighted by atomic mass is 16.5. The van der Waals surface area contributed by atoms with Crippen LogP contribution >= 0.6 is 0 Å². The average Bonchev–Trinajstić information content (AvgIpc) is 3.06. The molecule has 11 heteroatoms. The van der Waals surface area contributed by atoms with Crippen LogP contribution in [0.2, 0.25) is 0 Å². The third-order valence-electron chi connectivity index (χ3n) is 8.26. The van der Waals surface area contributed by atoms with E-state index in [2.05, 4.69) is 9.80 Å². The number of hydrogen-bond acceptors (Lipinski definition) is 11. The molecule has 1 aliphatic rings. The summed E-state index contributed by atoms with van der Waals surface area (Å²) in [6.07, 6.45) is 0.203. The second-order valence-electron chi connectivity index (χ2n) is 12.2. The van der Waals surface area contributed by atoms with Crippen molar-refractivity contribution in [1.29, 1.82) is 0 Å². The average molecular weight is 640 g/mol. The van der Waals surface area contributed by atoms with Crippen molar-refractivity contribution in [3.8, 4) is 11.5 Å². The highest BCUT2D eigenvalue weighted by molar-refractivity contribution is 5.44. The van der Waals surface area contributed by atoms with Crippen LogP contribution < -0.4 is 0 Å². The van der Waals surface area contributed by atoms with Gasteiger partial charge in [-0.15, -0.1) is 0 Å². The zero-order chi connectivity index (χ0) is 33.1. The molecule has 4 rings (SSSR count). The summed E-state index contributed by atoms with van der Waals surface area (Å²) in [5.41, 5.74) is 6.71. The number of fused-ring (bicyclic) bond motifs is 2. The zero-order valence-corrected chi connectivity index (χ0v) is 26.9. The number of aromatic hydroxyl groups is 2. The molecule has 0 fully saturated rings. The Morgan fingerprint density at radius 2 is 1.15 bits per heavy atom. The number of aliphatic hydroxyl groups is 4. The smallest absolute Gasteiger partial charge is 0.125 e. The van der Waals surface area contributed by atoms with Gasteiger partial charge in [-0.3, -0.25) is 14.8 Å². The van der Waals surface area contributed by atoms with Gasteiger partial charge in [0.1, 0.15) is 23.7 Å². The van der Waals surface area contributed by atoms with Crippen LogP contribution in [0.15, 0.2) is 42.5 Å². The van der Waals surface area contributed by atoms with E-state index < -0.39 is 12.2 Å². The summed E-state index contributed by atoms with van der Waals surface area (Å²) < 4.78 is 11.2. The minimum absolute atomic E-state index is 0.0773. The van der Waals surface area contributed by atoms with E-state index in [0.717, 1.165) is 66.1 Å². The van der Waals surface area contributed by atoms with Crippen molar-refractivity contribution < 1.29 is 40.1 Å². The number of aliphatic hydroxyl groups excluding tert-OH is 4. The largest absolute Gasteiger partial charge is 0.507 e. The van der Waals surface area contributed by atoms with Crippen LogP contribution in [0.25, 0.3) is 0 Å². The monoisotopic (exact) mass is 639 g/mol. The summed E-state index contributed by atoms with van der Waals surface area (Å²) >= 11 is 0. The van der Waals surface area contributed by atoms with Gasteiger partial charge in [0.05, 0.1) is 45.3 Å². The fourth-order valence-corrected chi connectivity index (χ4v) is 5.81. The number of pyridine rings is 1. The molecule has 46 heavy (non-hydrogen) atoms. The quantitative estimate of drug-likeness (QED) is 0.154. The van der Waals surface area contributed by atoms with Gasteiger partial charge < -0.3 is 40.1 Å². The number of phenolic OH excluding ortho intramolecular Hbond substituents is 2. The number of aromatic nitrogens is 1. The SMILES string of the molecule is Cc1cc(COC(CO)CO)c(O)c(CN2CCCN(Cc3cc(C)cc(COC(CO)CO)c3O)Cc3cccc(n3)CC2)c1. The fraction of sp³-hybridized carbons (Fsp3) is 0.514. The minimum Gasteiger partial charge on any atom is -0.507 e. The molecular weight excluding hydrogens is 590 g/mol. The van der Waals surface area contributed by atoms with Crippen molar-refractivity contribution in [3.63, 3.8) is 0 Å². The molecule has 2 aromatic carbocycles. The lowest BCUT2D eigenvalue weighted by atomic mass is 10.0. The van der Waals surface area contributed by atoms with Crippen molar-refractivity contribution in [2.45, 2.75) is 71.7 Å². The lowest BCUT2D eigenvalue weighted by molar-refractivity contribution is -0.0290. The van der Waals surface area contributed by atoms with Crippen LogP contribution in [-0.4, -0.2) is 104 Å². The molecule has 0 saturated carbocycles. The summed E-state index contributed by atoms with van der Waals surface area (Å²) in [7, 11) is 0. The Labute approximate surface area is 271 Å². The molecule has 3 aromatic rings. The number of phenols is 2. The van der Waals surface area contributed by atoms with E-state index >= 15 is 0 Å². The third-order valence-corrected chi connectivity index (χ3v) is 8.26. The van der Waals surface area contributed by atoms with Gasteiger partial charge >= 0.3 is 0 Å². The first kappa shape index (κ1) is 35.7. The Hall–Kier alpha value is -3.13. The van der Waals surface area contributed by atoms with Gasteiger partial charge in [-0.2, -0.15) is 0 Å². The second kappa shape index (κ2) is 17.7. The first-order chi connectivity index (χ1) is 22.2. The van der Waals surface area contributed by atoms with Gasteiger partial charge in [0.25, 0.3) is 0 Å². The molecule has 1 aromatic heterocycles. The summed E-state index contributed by atoms with van der Waals surface area (Å²) in [4.78, 5) is 9.53. The Morgan fingerprint density at radius 1 is 0.674 bits per heavy atom. The van der Waals surface area contributed by atoms with Crippen LogP contribution in [-0.2, 0) is 48.7 Å². The summed E-state index contributed by atoms with van der Waals surface area (Å²) in [5.74, 6) is 0.312. The topological polar surface area (TPSA) is 159 Å². The van der Waals surface area contributed by atoms with Crippen molar-refractivity contribution in [2.24, 2.45) is 0 Å². The fourth-order valence-electron chi connectivity index (χ4n) is 5.81. The van der Waals surface area contributed by atoms with E-state index in [1.807, 2.05) is 56.3 Å². The Bertz CT molecular complexity index is 1400. The first-order valence-corrected chi connectivity index (χ1v) is 15.9. The van der Waals surface area contributed by atoms with Crippen molar-refractivity contribution in [3.05, 3.63) is 87.2 Å². The molecule has 11 nitrogen and oxygen atoms in total. The highest BCUT2D eigenvalue weighted by Gasteiger charge is 2.19. The lowest BCUT2D eigenvalue weighted by Gasteiger charge is -2.26. The summed E-state index contributed by atoms with van der Waals surface area (Å²) in [6.45, 7) is 6.84. The molecule has 0 radical (unpaired) electrons. The molecule has 1 aliphatic heterocycles. The van der Waals surface area contributed by atoms with E-state index in [4.69, 9.17) is 14.5 Å².